The Bertz CT molecular complexity index is 1440. The third-order valence-electron chi connectivity index (χ3n) is 8.16. The fourth-order valence-electron chi connectivity index (χ4n) is 6.14. The van der Waals surface area contributed by atoms with E-state index >= 15 is 0 Å². The van der Waals surface area contributed by atoms with E-state index in [0.717, 1.165) is 18.4 Å². The van der Waals surface area contributed by atoms with Gasteiger partial charge in [-0.2, -0.15) is 5.10 Å². The van der Waals surface area contributed by atoms with Gasteiger partial charge in [-0.25, -0.2) is 5.10 Å². The summed E-state index contributed by atoms with van der Waals surface area (Å²) in [5.41, 5.74) is 1.89. The molecule has 2 aromatic carbocycles. The Balaban J connectivity index is 1.30. The number of aromatic nitrogens is 2. The summed E-state index contributed by atoms with van der Waals surface area (Å²) < 4.78 is 6.40. The molecule has 0 radical (unpaired) electrons. The van der Waals surface area contributed by atoms with Crippen LogP contribution in [0.3, 0.4) is 0 Å². The molecule has 1 aliphatic heterocycles. The number of nitrogens with one attached hydrogen (secondary N) is 2. The normalized spacial score (nSPS) is 22.1. The van der Waals surface area contributed by atoms with Crippen molar-refractivity contribution in [3.63, 3.8) is 0 Å². The lowest BCUT2D eigenvalue weighted by molar-refractivity contribution is -0.125. The highest BCUT2D eigenvalue weighted by atomic mass is 16.5. The molecular weight excluding hydrogens is 468 g/mol. The van der Waals surface area contributed by atoms with Gasteiger partial charge in [0.25, 0.3) is 11.5 Å². The summed E-state index contributed by atoms with van der Waals surface area (Å²) >= 11 is 0. The quantitative estimate of drug-likeness (QED) is 0.508. The molecule has 190 valence electrons. The number of benzene rings is 2. The summed E-state index contributed by atoms with van der Waals surface area (Å²) in [4.78, 5) is 40.4. The topological polar surface area (TPSA) is 104 Å². The predicted octanol–water partition coefficient (Wildman–Crippen LogP) is 3.25. The number of likely N-dealkylation sites (tertiary alicyclic amines) is 1. The van der Waals surface area contributed by atoms with Gasteiger partial charge < -0.3 is 15.0 Å². The number of carbonyl (C=O) groups excluding carboxylic acids is 2. The minimum absolute atomic E-state index is 0.0905. The van der Waals surface area contributed by atoms with E-state index < -0.39 is 0 Å². The van der Waals surface area contributed by atoms with Crippen LogP contribution in [0.2, 0.25) is 0 Å². The number of carbonyl (C=O) groups is 2. The molecule has 1 saturated carbocycles. The third kappa shape index (κ3) is 3.96. The van der Waals surface area contributed by atoms with Crippen molar-refractivity contribution < 1.29 is 14.3 Å². The smallest absolute Gasteiger partial charge is 0.274 e. The molecule has 0 bridgehead atoms. The average molecular weight is 499 g/mol. The third-order valence-corrected chi connectivity index (χ3v) is 8.16. The SMILES string of the molecule is C=CCO[C@@H]1[C@@H](NC(=O)C2CC2)c2ccccc2C12CCN(C(=O)c1n[nH]c(=O)c3ccccc13)CC2. The van der Waals surface area contributed by atoms with Crippen LogP contribution >= 0.6 is 0 Å². The number of ether oxygens (including phenoxy) is 1. The maximum atomic E-state index is 13.6. The van der Waals surface area contributed by atoms with Gasteiger partial charge in [0, 0.05) is 29.8 Å². The first-order chi connectivity index (χ1) is 18.0. The van der Waals surface area contributed by atoms with Crippen LogP contribution in [0.5, 0.6) is 0 Å². The van der Waals surface area contributed by atoms with Gasteiger partial charge in [0.2, 0.25) is 5.91 Å². The van der Waals surface area contributed by atoms with Gasteiger partial charge in [0.05, 0.1) is 24.1 Å². The van der Waals surface area contributed by atoms with E-state index in [1.807, 2.05) is 17.0 Å². The van der Waals surface area contributed by atoms with Crippen LogP contribution < -0.4 is 10.9 Å². The van der Waals surface area contributed by atoms with Gasteiger partial charge in [0.15, 0.2) is 5.69 Å². The van der Waals surface area contributed by atoms with E-state index in [4.69, 9.17) is 4.74 Å². The number of H-pyrrole nitrogens is 1. The molecule has 3 aliphatic rings. The standard InChI is InChI=1S/C29H30N4O4/c1-2-17-37-25-23(30-26(34)18-11-12-18)21-9-5-6-10-22(21)29(25)13-15-33(16-14-29)28(36)24-19-7-3-4-8-20(19)27(35)32-31-24/h2-10,18,23,25H,1,11-17H2,(H,30,34)(H,32,35)/t23-,25+/m0/s1. The molecule has 2 heterocycles. The van der Waals surface area contributed by atoms with Crippen molar-refractivity contribution in [3.8, 4) is 0 Å². The number of amides is 2. The molecule has 6 rings (SSSR count). The maximum Gasteiger partial charge on any atom is 0.274 e. The van der Waals surface area contributed by atoms with Crippen molar-refractivity contribution in [3.05, 3.63) is 88.4 Å². The van der Waals surface area contributed by atoms with Crippen LogP contribution in [-0.4, -0.2) is 52.7 Å². The molecule has 8 heteroatoms. The lowest BCUT2D eigenvalue weighted by atomic mass is 9.71. The molecule has 2 N–H and O–H groups in total. The summed E-state index contributed by atoms with van der Waals surface area (Å²) in [5.74, 6) is -0.00806. The van der Waals surface area contributed by atoms with Crippen LogP contribution in [0.25, 0.3) is 10.8 Å². The second-order valence-corrected chi connectivity index (χ2v) is 10.3. The van der Waals surface area contributed by atoms with Crippen molar-refractivity contribution in [2.45, 2.75) is 43.2 Å². The molecule has 37 heavy (non-hydrogen) atoms. The number of fused-ring (bicyclic) bond motifs is 3. The van der Waals surface area contributed by atoms with Gasteiger partial charge in [-0.1, -0.05) is 48.5 Å². The van der Waals surface area contributed by atoms with Crippen LogP contribution in [0, 0.1) is 5.92 Å². The molecule has 2 fully saturated rings. The molecular formula is C29H30N4O4. The fourth-order valence-corrected chi connectivity index (χ4v) is 6.14. The Morgan fingerprint density at radius 1 is 1.11 bits per heavy atom. The number of rotatable bonds is 6. The average Bonchev–Trinajstić information content (AvgIpc) is 3.76. The summed E-state index contributed by atoms with van der Waals surface area (Å²) in [6.45, 7) is 5.24. The Kier molecular flexibility index (Phi) is 5.91. The summed E-state index contributed by atoms with van der Waals surface area (Å²) in [5, 5.41) is 10.9. The van der Waals surface area contributed by atoms with Crippen molar-refractivity contribution in [1.82, 2.24) is 20.4 Å². The molecule has 1 aromatic heterocycles. The molecule has 2 amide bonds. The number of hydrogen-bond acceptors (Lipinski definition) is 5. The van der Waals surface area contributed by atoms with Crippen LogP contribution in [0.1, 0.15) is 53.3 Å². The molecule has 2 atom stereocenters. The number of nitrogens with zero attached hydrogens (tertiary/aromatic N) is 2. The summed E-state index contributed by atoms with van der Waals surface area (Å²) in [7, 11) is 0. The second-order valence-electron chi connectivity index (χ2n) is 10.3. The van der Waals surface area contributed by atoms with Crippen molar-refractivity contribution >= 4 is 22.6 Å². The van der Waals surface area contributed by atoms with Gasteiger partial charge in [-0.3, -0.25) is 14.4 Å². The molecule has 2 aliphatic carbocycles. The van der Waals surface area contributed by atoms with Crippen molar-refractivity contribution in [1.29, 1.82) is 0 Å². The van der Waals surface area contributed by atoms with E-state index in [2.05, 4.69) is 34.2 Å². The predicted molar refractivity (Wildman–Crippen MR) is 139 cm³/mol. The Morgan fingerprint density at radius 2 is 1.81 bits per heavy atom. The highest BCUT2D eigenvalue weighted by Gasteiger charge is 2.55. The van der Waals surface area contributed by atoms with E-state index in [-0.39, 0.29) is 46.5 Å². The molecule has 8 nitrogen and oxygen atoms in total. The minimum atomic E-state index is -0.335. The van der Waals surface area contributed by atoms with Crippen LogP contribution in [0.15, 0.2) is 66.0 Å². The first-order valence-corrected chi connectivity index (χ1v) is 12.9. The first-order valence-electron chi connectivity index (χ1n) is 12.9. The van der Waals surface area contributed by atoms with Gasteiger partial charge in [-0.05, 0) is 42.9 Å². The summed E-state index contributed by atoms with van der Waals surface area (Å²) in [6.07, 6.45) is 4.74. The van der Waals surface area contributed by atoms with Gasteiger partial charge in [-0.15, -0.1) is 6.58 Å². The molecule has 1 saturated heterocycles. The number of aromatic amines is 1. The van der Waals surface area contributed by atoms with Crippen LogP contribution in [-0.2, 0) is 14.9 Å². The fraction of sp³-hybridized carbons (Fsp3) is 0.379. The number of piperidine rings is 1. The zero-order valence-electron chi connectivity index (χ0n) is 20.6. The van der Waals surface area contributed by atoms with Crippen molar-refractivity contribution in [2.75, 3.05) is 19.7 Å². The second kappa shape index (κ2) is 9.27. The zero-order chi connectivity index (χ0) is 25.6. The summed E-state index contributed by atoms with van der Waals surface area (Å²) in [6, 6.07) is 15.1. The monoisotopic (exact) mass is 498 g/mol. The van der Waals surface area contributed by atoms with Gasteiger partial charge >= 0.3 is 0 Å². The highest BCUT2D eigenvalue weighted by Crippen LogP contribution is 2.52. The molecule has 1 spiro atoms. The number of hydrogen-bond donors (Lipinski definition) is 2. The largest absolute Gasteiger partial charge is 0.371 e. The zero-order valence-corrected chi connectivity index (χ0v) is 20.6. The lowest BCUT2D eigenvalue weighted by Gasteiger charge is -2.44. The Morgan fingerprint density at radius 3 is 2.54 bits per heavy atom. The Labute approximate surface area is 214 Å². The minimum Gasteiger partial charge on any atom is -0.371 e. The maximum absolute atomic E-state index is 13.6. The van der Waals surface area contributed by atoms with E-state index in [1.165, 1.54) is 5.56 Å². The molecule has 3 aromatic rings. The molecule has 0 unspecified atom stereocenters. The van der Waals surface area contributed by atoms with E-state index in [9.17, 15) is 14.4 Å². The highest BCUT2D eigenvalue weighted by molar-refractivity contribution is 6.04. The Hall–Kier alpha value is -3.78. The van der Waals surface area contributed by atoms with E-state index in [0.29, 0.717) is 43.3 Å². The van der Waals surface area contributed by atoms with Crippen molar-refractivity contribution in [2.24, 2.45) is 5.92 Å². The lowest BCUT2D eigenvalue weighted by Crippen LogP contribution is -2.52. The van der Waals surface area contributed by atoms with Crippen LogP contribution in [0.4, 0.5) is 0 Å². The van der Waals surface area contributed by atoms with Gasteiger partial charge in [0.1, 0.15) is 0 Å². The first kappa shape index (κ1) is 23.6. The van der Waals surface area contributed by atoms with E-state index in [1.54, 1.807) is 30.3 Å².